The SMILES string of the molecule is CN(Cc1ccc(N(C)C)cc1)C(=O)c1cccc(OCC(N)=O)c1. The number of nitrogens with two attached hydrogens (primary N) is 1. The second-order valence-electron chi connectivity index (χ2n) is 6.00. The number of primary amides is 1. The lowest BCUT2D eigenvalue weighted by Gasteiger charge is -2.19. The Morgan fingerprint density at radius 1 is 1.04 bits per heavy atom. The van der Waals surface area contributed by atoms with Crippen LogP contribution in [-0.4, -0.2) is 44.5 Å². The third-order valence-electron chi connectivity index (χ3n) is 3.68. The van der Waals surface area contributed by atoms with Crippen LogP contribution in [0, 0.1) is 0 Å². The van der Waals surface area contributed by atoms with Gasteiger partial charge in [-0.25, -0.2) is 0 Å². The van der Waals surface area contributed by atoms with Crippen molar-refractivity contribution >= 4 is 17.5 Å². The molecule has 0 heterocycles. The molecule has 132 valence electrons. The molecule has 0 saturated carbocycles. The number of hydrogen-bond donors (Lipinski definition) is 1. The first-order valence-electron chi connectivity index (χ1n) is 7.89. The van der Waals surface area contributed by atoms with E-state index in [1.165, 1.54) is 0 Å². The lowest BCUT2D eigenvalue weighted by molar-refractivity contribution is -0.119. The van der Waals surface area contributed by atoms with Crippen LogP contribution in [0.2, 0.25) is 0 Å². The molecule has 0 fully saturated rings. The van der Waals surface area contributed by atoms with Gasteiger partial charge in [-0.1, -0.05) is 18.2 Å². The second kappa shape index (κ2) is 8.19. The standard InChI is InChI=1S/C19H23N3O3/c1-21(2)16-9-7-14(8-10-16)12-22(3)19(24)15-5-4-6-17(11-15)25-13-18(20)23/h4-11H,12-13H2,1-3H3,(H2,20,23). The number of nitrogens with zero attached hydrogens (tertiary/aromatic N) is 2. The molecule has 2 aromatic rings. The van der Waals surface area contributed by atoms with Gasteiger partial charge >= 0.3 is 0 Å². The molecule has 2 aromatic carbocycles. The van der Waals surface area contributed by atoms with Gasteiger partial charge in [0.1, 0.15) is 5.75 Å². The zero-order chi connectivity index (χ0) is 18.4. The largest absolute Gasteiger partial charge is 0.484 e. The molecule has 0 radical (unpaired) electrons. The van der Waals surface area contributed by atoms with E-state index in [9.17, 15) is 9.59 Å². The highest BCUT2D eigenvalue weighted by molar-refractivity contribution is 5.94. The maximum atomic E-state index is 12.6. The molecule has 2 rings (SSSR count). The fraction of sp³-hybridized carbons (Fsp3) is 0.263. The van der Waals surface area contributed by atoms with Crippen molar-refractivity contribution < 1.29 is 14.3 Å². The number of hydrogen-bond acceptors (Lipinski definition) is 4. The van der Waals surface area contributed by atoms with Gasteiger partial charge in [-0.05, 0) is 35.9 Å². The first kappa shape index (κ1) is 18.3. The number of rotatable bonds is 7. The Labute approximate surface area is 147 Å². The van der Waals surface area contributed by atoms with Crippen molar-refractivity contribution in [2.24, 2.45) is 5.73 Å². The Kier molecular flexibility index (Phi) is 6.00. The molecule has 0 spiro atoms. The van der Waals surface area contributed by atoms with E-state index in [1.807, 2.05) is 43.3 Å². The van der Waals surface area contributed by atoms with Gasteiger partial charge in [0.2, 0.25) is 0 Å². The normalized spacial score (nSPS) is 10.2. The average Bonchev–Trinajstić information content (AvgIpc) is 2.60. The predicted molar refractivity (Wildman–Crippen MR) is 97.7 cm³/mol. The Morgan fingerprint density at radius 2 is 1.72 bits per heavy atom. The number of ether oxygens (including phenoxy) is 1. The number of carbonyl (C=O) groups excluding carboxylic acids is 2. The molecule has 0 aliphatic heterocycles. The predicted octanol–water partition coefficient (Wildman–Crippen LogP) is 1.89. The highest BCUT2D eigenvalue weighted by Gasteiger charge is 2.13. The number of anilines is 1. The van der Waals surface area contributed by atoms with E-state index >= 15 is 0 Å². The lowest BCUT2D eigenvalue weighted by Crippen LogP contribution is -2.26. The smallest absolute Gasteiger partial charge is 0.255 e. The van der Waals surface area contributed by atoms with Crippen LogP contribution in [-0.2, 0) is 11.3 Å². The third-order valence-corrected chi connectivity index (χ3v) is 3.68. The molecule has 25 heavy (non-hydrogen) atoms. The van der Waals surface area contributed by atoms with E-state index in [0.29, 0.717) is 17.9 Å². The molecule has 0 saturated heterocycles. The van der Waals surface area contributed by atoms with Crippen LogP contribution < -0.4 is 15.4 Å². The molecule has 0 aliphatic carbocycles. The van der Waals surface area contributed by atoms with Gasteiger partial charge in [0, 0.05) is 38.9 Å². The molecular formula is C19H23N3O3. The van der Waals surface area contributed by atoms with Crippen molar-refractivity contribution in [2.45, 2.75) is 6.54 Å². The monoisotopic (exact) mass is 341 g/mol. The van der Waals surface area contributed by atoms with Crippen LogP contribution in [0.1, 0.15) is 15.9 Å². The van der Waals surface area contributed by atoms with E-state index in [0.717, 1.165) is 11.3 Å². The molecule has 0 atom stereocenters. The summed E-state index contributed by atoms with van der Waals surface area (Å²) in [4.78, 5) is 27.0. The summed E-state index contributed by atoms with van der Waals surface area (Å²) in [5.41, 5.74) is 7.71. The summed E-state index contributed by atoms with van der Waals surface area (Å²) in [7, 11) is 5.72. The first-order valence-corrected chi connectivity index (χ1v) is 7.89. The molecule has 0 aromatic heterocycles. The fourth-order valence-electron chi connectivity index (χ4n) is 2.34. The van der Waals surface area contributed by atoms with Gasteiger partial charge in [0.05, 0.1) is 0 Å². The van der Waals surface area contributed by atoms with Gasteiger partial charge < -0.3 is 20.3 Å². The molecule has 0 unspecified atom stereocenters. The zero-order valence-electron chi connectivity index (χ0n) is 14.7. The number of benzene rings is 2. The van der Waals surface area contributed by atoms with E-state index in [-0.39, 0.29) is 12.5 Å². The highest BCUT2D eigenvalue weighted by Crippen LogP contribution is 2.17. The Hall–Kier alpha value is -3.02. The maximum Gasteiger partial charge on any atom is 0.255 e. The summed E-state index contributed by atoms with van der Waals surface area (Å²) in [5.74, 6) is -0.246. The number of amides is 2. The molecule has 6 heteroatoms. The fourth-order valence-corrected chi connectivity index (χ4v) is 2.34. The Morgan fingerprint density at radius 3 is 2.32 bits per heavy atom. The van der Waals surface area contributed by atoms with Crippen LogP contribution in [0.15, 0.2) is 48.5 Å². The van der Waals surface area contributed by atoms with Gasteiger partial charge in [-0.15, -0.1) is 0 Å². The van der Waals surface area contributed by atoms with Crippen molar-refractivity contribution in [1.82, 2.24) is 4.90 Å². The molecule has 2 amide bonds. The molecular weight excluding hydrogens is 318 g/mol. The molecule has 0 bridgehead atoms. The van der Waals surface area contributed by atoms with Crippen LogP contribution in [0.3, 0.4) is 0 Å². The van der Waals surface area contributed by atoms with Crippen molar-refractivity contribution in [2.75, 3.05) is 32.6 Å². The zero-order valence-corrected chi connectivity index (χ0v) is 14.7. The van der Waals surface area contributed by atoms with Gasteiger partial charge in [-0.3, -0.25) is 9.59 Å². The Bertz CT molecular complexity index is 742. The third kappa shape index (κ3) is 5.24. The van der Waals surface area contributed by atoms with Gasteiger partial charge in [0.15, 0.2) is 6.61 Å². The van der Waals surface area contributed by atoms with E-state index < -0.39 is 5.91 Å². The van der Waals surface area contributed by atoms with Crippen molar-refractivity contribution in [3.8, 4) is 5.75 Å². The second-order valence-corrected chi connectivity index (χ2v) is 6.00. The van der Waals surface area contributed by atoms with Crippen LogP contribution >= 0.6 is 0 Å². The highest BCUT2D eigenvalue weighted by atomic mass is 16.5. The van der Waals surface area contributed by atoms with Crippen LogP contribution in [0.5, 0.6) is 5.75 Å². The summed E-state index contributed by atoms with van der Waals surface area (Å²) in [6.07, 6.45) is 0. The summed E-state index contributed by atoms with van der Waals surface area (Å²) in [6, 6.07) is 14.8. The van der Waals surface area contributed by atoms with Crippen molar-refractivity contribution in [1.29, 1.82) is 0 Å². The van der Waals surface area contributed by atoms with E-state index in [1.54, 1.807) is 36.2 Å². The minimum atomic E-state index is -0.560. The maximum absolute atomic E-state index is 12.6. The minimum absolute atomic E-state index is 0.124. The Balaban J connectivity index is 2.04. The van der Waals surface area contributed by atoms with Gasteiger partial charge in [0.25, 0.3) is 11.8 Å². The van der Waals surface area contributed by atoms with Crippen LogP contribution in [0.25, 0.3) is 0 Å². The molecule has 6 nitrogen and oxygen atoms in total. The van der Waals surface area contributed by atoms with E-state index in [2.05, 4.69) is 0 Å². The average molecular weight is 341 g/mol. The summed E-state index contributed by atoms with van der Waals surface area (Å²) >= 11 is 0. The van der Waals surface area contributed by atoms with E-state index in [4.69, 9.17) is 10.5 Å². The minimum Gasteiger partial charge on any atom is -0.484 e. The van der Waals surface area contributed by atoms with Crippen LogP contribution in [0.4, 0.5) is 5.69 Å². The van der Waals surface area contributed by atoms with Crippen molar-refractivity contribution in [3.05, 3.63) is 59.7 Å². The quantitative estimate of drug-likeness (QED) is 0.834. The van der Waals surface area contributed by atoms with Crippen molar-refractivity contribution in [3.63, 3.8) is 0 Å². The first-order chi connectivity index (χ1) is 11.9. The topological polar surface area (TPSA) is 75.9 Å². The summed E-state index contributed by atoms with van der Waals surface area (Å²) < 4.78 is 5.24. The molecule has 2 N–H and O–H groups in total. The molecule has 0 aliphatic rings. The summed E-state index contributed by atoms with van der Waals surface area (Å²) in [6.45, 7) is 0.282. The van der Waals surface area contributed by atoms with Gasteiger partial charge in [-0.2, -0.15) is 0 Å². The number of carbonyl (C=O) groups is 2. The lowest BCUT2D eigenvalue weighted by atomic mass is 10.1. The summed E-state index contributed by atoms with van der Waals surface area (Å²) in [5, 5.41) is 0.